The molecule has 1 aromatic rings. The number of aliphatic carboxylic acids is 1. The minimum absolute atomic E-state index is 0.0139. The predicted octanol–water partition coefficient (Wildman–Crippen LogP) is 2.95. The van der Waals surface area contributed by atoms with Crippen molar-refractivity contribution in [2.75, 3.05) is 20.3 Å². The van der Waals surface area contributed by atoms with Crippen LogP contribution in [0, 0.1) is 0 Å². The fourth-order valence-electron chi connectivity index (χ4n) is 3.10. The summed E-state index contributed by atoms with van der Waals surface area (Å²) in [5, 5.41) is 8.91. The van der Waals surface area contributed by atoms with Gasteiger partial charge in [0, 0.05) is 24.6 Å². The molecule has 1 heterocycles. The Bertz CT molecular complexity index is 587. The number of ether oxygens (including phenoxy) is 2. The van der Waals surface area contributed by atoms with Gasteiger partial charge < -0.3 is 19.5 Å². The zero-order chi connectivity index (χ0) is 17.5. The molecule has 1 atom stereocenters. The van der Waals surface area contributed by atoms with E-state index in [4.69, 9.17) is 14.6 Å². The second-order valence-corrected chi connectivity index (χ2v) is 5.88. The van der Waals surface area contributed by atoms with E-state index in [-0.39, 0.29) is 18.4 Å². The van der Waals surface area contributed by atoms with Gasteiger partial charge in [-0.1, -0.05) is 0 Å². The zero-order valence-corrected chi connectivity index (χ0v) is 14.3. The Balaban J connectivity index is 2.18. The summed E-state index contributed by atoms with van der Waals surface area (Å²) in [6.45, 7) is 3.03. The lowest BCUT2D eigenvalue weighted by Crippen LogP contribution is -2.44. The summed E-state index contributed by atoms with van der Waals surface area (Å²) in [4.78, 5) is 25.5. The highest BCUT2D eigenvalue weighted by atomic mass is 16.5. The highest BCUT2D eigenvalue weighted by Crippen LogP contribution is 2.30. The van der Waals surface area contributed by atoms with E-state index >= 15 is 0 Å². The van der Waals surface area contributed by atoms with Gasteiger partial charge in [0.05, 0.1) is 13.7 Å². The van der Waals surface area contributed by atoms with Crippen LogP contribution in [0.3, 0.4) is 0 Å². The average Bonchev–Trinajstić information content (AvgIpc) is 2.59. The number of carboxylic acid groups (broad SMARTS) is 1. The molecule has 0 spiro atoms. The van der Waals surface area contributed by atoms with Gasteiger partial charge in [-0.05, 0) is 50.8 Å². The first-order valence-corrected chi connectivity index (χ1v) is 8.40. The zero-order valence-electron chi connectivity index (χ0n) is 14.3. The molecule has 1 N–H and O–H groups in total. The Hall–Kier alpha value is -2.24. The SMILES string of the molecule is CCOc1cc(C(=O)N2CCCCC2CCC(=O)O)ccc1OC. The van der Waals surface area contributed by atoms with Gasteiger partial charge in [-0.15, -0.1) is 0 Å². The summed E-state index contributed by atoms with van der Waals surface area (Å²) in [5.74, 6) is 0.240. The second kappa shape index (κ2) is 8.57. The Morgan fingerprint density at radius 2 is 2.08 bits per heavy atom. The third-order valence-electron chi connectivity index (χ3n) is 4.29. The third kappa shape index (κ3) is 4.40. The number of carboxylic acids is 1. The first-order valence-electron chi connectivity index (χ1n) is 8.40. The highest BCUT2D eigenvalue weighted by Gasteiger charge is 2.28. The van der Waals surface area contributed by atoms with Crippen molar-refractivity contribution in [3.05, 3.63) is 23.8 Å². The summed E-state index contributed by atoms with van der Waals surface area (Å²) < 4.78 is 10.8. The molecule has 1 amide bonds. The van der Waals surface area contributed by atoms with Crippen molar-refractivity contribution in [2.24, 2.45) is 0 Å². The molecule has 6 nitrogen and oxygen atoms in total. The Labute approximate surface area is 142 Å². The Kier molecular flexibility index (Phi) is 6.46. The standard InChI is InChI=1S/C18H25NO5/c1-3-24-16-12-13(7-9-15(16)23-2)18(22)19-11-5-4-6-14(19)8-10-17(20)21/h7,9,12,14H,3-6,8,10-11H2,1-2H3,(H,20,21). The number of benzene rings is 1. The van der Waals surface area contributed by atoms with Gasteiger partial charge in [-0.2, -0.15) is 0 Å². The minimum Gasteiger partial charge on any atom is -0.493 e. The maximum atomic E-state index is 12.9. The quantitative estimate of drug-likeness (QED) is 0.829. The molecular weight excluding hydrogens is 310 g/mol. The fraction of sp³-hybridized carbons (Fsp3) is 0.556. The van der Waals surface area contributed by atoms with Crippen molar-refractivity contribution in [3.8, 4) is 11.5 Å². The van der Waals surface area contributed by atoms with E-state index in [1.165, 1.54) is 0 Å². The van der Waals surface area contributed by atoms with Crippen LogP contribution in [0.5, 0.6) is 11.5 Å². The van der Waals surface area contributed by atoms with E-state index in [9.17, 15) is 9.59 Å². The van der Waals surface area contributed by atoms with Crippen LogP contribution >= 0.6 is 0 Å². The molecule has 6 heteroatoms. The summed E-state index contributed by atoms with van der Waals surface area (Å²) in [6.07, 6.45) is 3.41. The van der Waals surface area contributed by atoms with Gasteiger partial charge in [0.15, 0.2) is 11.5 Å². The topological polar surface area (TPSA) is 76.1 Å². The fourth-order valence-corrected chi connectivity index (χ4v) is 3.10. The summed E-state index contributed by atoms with van der Waals surface area (Å²) >= 11 is 0. The molecule has 1 aromatic carbocycles. The van der Waals surface area contributed by atoms with Crippen LogP contribution in [-0.2, 0) is 4.79 Å². The molecular formula is C18H25NO5. The molecule has 0 saturated carbocycles. The smallest absolute Gasteiger partial charge is 0.303 e. The maximum Gasteiger partial charge on any atom is 0.303 e. The van der Waals surface area contributed by atoms with Crippen LogP contribution in [0.4, 0.5) is 0 Å². The van der Waals surface area contributed by atoms with Crippen LogP contribution in [0.15, 0.2) is 18.2 Å². The number of amides is 1. The number of nitrogens with zero attached hydrogens (tertiary/aromatic N) is 1. The first kappa shape index (κ1) is 18.1. The lowest BCUT2D eigenvalue weighted by molar-refractivity contribution is -0.137. The van der Waals surface area contributed by atoms with Crippen LogP contribution in [0.1, 0.15) is 49.4 Å². The summed E-state index contributed by atoms with van der Waals surface area (Å²) in [7, 11) is 1.56. The number of carbonyl (C=O) groups excluding carboxylic acids is 1. The van der Waals surface area contributed by atoms with Crippen molar-refractivity contribution >= 4 is 11.9 Å². The molecule has 1 aliphatic rings. The van der Waals surface area contributed by atoms with E-state index < -0.39 is 5.97 Å². The van der Waals surface area contributed by atoms with Gasteiger partial charge in [0.2, 0.25) is 0 Å². The van der Waals surface area contributed by atoms with Crippen molar-refractivity contribution in [3.63, 3.8) is 0 Å². The lowest BCUT2D eigenvalue weighted by Gasteiger charge is -2.35. The predicted molar refractivity (Wildman–Crippen MR) is 89.7 cm³/mol. The number of rotatable bonds is 7. The van der Waals surface area contributed by atoms with E-state index in [1.54, 1.807) is 25.3 Å². The number of hydrogen-bond donors (Lipinski definition) is 1. The number of carbonyl (C=O) groups is 2. The summed E-state index contributed by atoms with van der Waals surface area (Å²) in [5.41, 5.74) is 0.543. The van der Waals surface area contributed by atoms with Gasteiger partial charge in [0.25, 0.3) is 5.91 Å². The first-order chi connectivity index (χ1) is 11.6. The maximum absolute atomic E-state index is 12.9. The molecule has 0 bridgehead atoms. The van der Waals surface area contributed by atoms with Gasteiger partial charge in [-0.25, -0.2) is 0 Å². The van der Waals surface area contributed by atoms with Crippen molar-refractivity contribution in [1.29, 1.82) is 0 Å². The monoisotopic (exact) mass is 335 g/mol. The van der Waals surface area contributed by atoms with Crippen LogP contribution in [0.25, 0.3) is 0 Å². The van der Waals surface area contributed by atoms with Crippen molar-refractivity contribution in [2.45, 2.75) is 45.1 Å². The molecule has 1 aliphatic heterocycles. The third-order valence-corrected chi connectivity index (χ3v) is 4.29. The molecule has 24 heavy (non-hydrogen) atoms. The second-order valence-electron chi connectivity index (χ2n) is 5.88. The van der Waals surface area contributed by atoms with Crippen molar-refractivity contribution < 1.29 is 24.2 Å². The van der Waals surface area contributed by atoms with Gasteiger partial charge in [-0.3, -0.25) is 9.59 Å². The van der Waals surface area contributed by atoms with E-state index in [0.717, 1.165) is 19.3 Å². The van der Waals surface area contributed by atoms with Crippen LogP contribution in [0.2, 0.25) is 0 Å². The molecule has 1 fully saturated rings. The molecule has 0 aromatic heterocycles. The van der Waals surface area contributed by atoms with E-state index in [2.05, 4.69) is 0 Å². The van der Waals surface area contributed by atoms with E-state index in [1.807, 2.05) is 11.8 Å². The molecule has 2 rings (SSSR count). The number of likely N-dealkylation sites (tertiary alicyclic amines) is 1. The number of hydrogen-bond acceptors (Lipinski definition) is 4. The molecule has 0 aliphatic carbocycles. The van der Waals surface area contributed by atoms with Gasteiger partial charge >= 0.3 is 5.97 Å². The van der Waals surface area contributed by atoms with Gasteiger partial charge in [0.1, 0.15) is 0 Å². The highest BCUT2D eigenvalue weighted by molar-refractivity contribution is 5.95. The van der Waals surface area contributed by atoms with Crippen LogP contribution in [-0.4, -0.2) is 48.2 Å². The molecule has 132 valence electrons. The average molecular weight is 335 g/mol. The molecule has 1 unspecified atom stereocenters. The number of piperidine rings is 1. The van der Waals surface area contributed by atoms with E-state index in [0.29, 0.717) is 36.6 Å². The van der Waals surface area contributed by atoms with Crippen LogP contribution < -0.4 is 9.47 Å². The normalized spacial score (nSPS) is 17.4. The number of methoxy groups -OCH3 is 1. The minimum atomic E-state index is -0.823. The molecule has 1 saturated heterocycles. The Morgan fingerprint density at radius 1 is 1.29 bits per heavy atom. The summed E-state index contributed by atoms with van der Waals surface area (Å²) in [6, 6.07) is 5.15. The van der Waals surface area contributed by atoms with Crippen molar-refractivity contribution in [1.82, 2.24) is 4.90 Å². The molecule has 0 radical (unpaired) electrons. The Morgan fingerprint density at radius 3 is 2.75 bits per heavy atom. The largest absolute Gasteiger partial charge is 0.493 e. The lowest BCUT2D eigenvalue weighted by atomic mass is 9.97.